The lowest BCUT2D eigenvalue weighted by Crippen LogP contribution is -2.20. The third kappa shape index (κ3) is 5.47. The number of para-hydroxylation sites is 5. The van der Waals surface area contributed by atoms with E-state index < -0.39 is 0 Å². The Morgan fingerprint density at radius 2 is 0.985 bits per heavy atom. The Bertz CT molecular complexity index is 4090. The number of hydrogen-bond acceptors (Lipinski definition) is 3. The van der Waals surface area contributed by atoms with E-state index in [4.69, 9.17) is 8.83 Å². The second-order valence-corrected chi connectivity index (χ2v) is 18.4. The summed E-state index contributed by atoms with van der Waals surface area (Å²) in [6.07, 6.45) is 0. The molecule has 4 heteroatoms. The number of furan rings is 2. The van der Waals surface area contributed by atoms with E-state index >= 15 is 0 Å². The summed E-state index contributed by atoms with van der Waals surface area (Å²) in [5.41, 5.74) is 19.5. The van der Waals surface area contributed by atoms with E-state index in [1.54, 1.807) is 0 Å². The van der Waals surface area contributed by atoms with Crippen molar-refractivity contribution in [2.45, 2.75) is 19.3 Å². The number of aromatic nitrogens is 1. The summed E-state index contributed by atoms with van der Waals surface area (Å²) in [5, 5.41) is 6.85. The molecule has 67 heavy (non-hydrogen) atoms. The van der Waals surface area contributed by atoms with Crippen LogP contribution < -0.4 is 4.90 Å². The van der Waals surface area contributed by atoms with Crippen molar-refractivity contribution >= 4 is 82.7 Å². The van der Waals surface area contributed by atoms with Crippen LogP contribution in [-0.2, 0) is 5.41 Å². The molecule has 0 spiro atoms. The van der Waals surface area contributed by atoms with Crippen LogP contribution in [0.25, 0.3) is 105 Å². The summed E-state index contributed by atoms with van der Waals surface area (Å²) >= 11 is 0. The van der Waals surface area contributed by atoms with E-state index in [9.17, 15) is 0 Å². The van der Waals surface area contributed by atoms with Gasteiger partial charge in [0, 0.05) is 60.2 Å². The lowest BCUT2D eigenvalue weighted by atomic mass is 9.81. The first-order valence-electron chi connectivity index (χ1n) is 23.1. The Morgan fingerprint density at radius 3 is 1.76 bits per heavy atom. The van der Waals surface area contributed by atoms with Gasteiger partial charge in [0.05, 0.1) is 22.4 Å². The maximum atomic E-state index is 6.97. The average molecular weight is 859 g/mol. The highest BCUT2D eigenvalue weighted by atomic mass is 16.3. The Kier molecular flexibility index (Phi) is 8.00. The summed E-state index contributed by atoms with van der Waals surface area (Å²) < 4.78 is 15.7. The highest BCUT2D eigenvalue weighted by molar-refractivity contribution is 6.15. The zero-order valence-corrected chi connectivity index (χ0v) is 37.0. The van der Waals surface area contributed by atoms with Gasteiger partial charge in [0.2, 0.25) is 0 Å². The minimum Gasteiger partial charge on any atom is -0.456 e. The third-order valence-electron chi connectivity index (χ3n) is 14.4. The van der Waals surface area contributed by atoms with Crippen LogP contribution in [0.4, 0.5) is 17.1 Å². The quantitative estimate of drug-likeness (QED) is 0.167. The molecule has 10 aromatic carbocycles. The molecule has 4 nitrogen and oxygen atoms in total. The van der Waals surface area contributed by atoms with E-state index in [1.807, 2.05) is 12.1 Å². The number of rotatable bonds is 6. The fourth-order valence-corrected chi connectivity index (χ4v) is 11.5. The molecule has 1 aliphatic rings. The first-order chi connectivity index (χ1) is 33.0. The topological polar surface area (TPSA) is 34.5 Å². The standard InChI is InChI=1S/C63H42N2O2/c1-63(2)52-25-9-3-17-43(52)48-24-15-29-56(61(48)63)64(40-35-33-39(34-36-40)42-23-16-32-59-60(42)49-22-8-14-31-58(49)66-59)41-37-50(62-51(38-41)47-21-7-13-30-57(47)67-62)46-20-6-12-28-55(46)65-53-26-10-4-18-44(53)45-19-5-11-27-54(45)65/h3-38H,1-2H3. The van der Waals surface area contributed by atoms with Crippen LogP contribution in [0.3, 0.4) is 0 Å². The molecule has 0 saturated heterocycles. The first kappa shape index (κ1) is 37.7. The van der Waals surface area contributed by atoms with Crippen LogP contribution in [0, 0.1) is 0 Å². The number of anilines is 3. The van der Waals surface area contributed by atoms with Gasteiger partial charge < -0.3 is 18.3 Å². The van der Waals surface area contributed by atoms with E-state index in [0.29, 0.717) is 0 Å². The van der Waals surface area contributed by atoms with Gasteiger partial charge in [0.15, 0.2) is 0 Å². The molecule has 1 aliphatic carbocycles. The predicted octanol–water partition coefficient (Wildman–Crippen LogP) is 17.7. The molecule has 0 amide bonds. The van der Waals surface area contributed by atoms with Crippen LogP contribution in [0.15, 0.2) is 227 Å². The Hall–Kier alpha value is -8.60. The minimum atomic E-state index is -0.267. The second kappa shape index (κ2) is 14.2. The SMILES string of the molecule is CC1(C)c2ccccc2-c2cccc(N(c3ccc(-c4cccc5oc6ccccc6c45)cc3)c3cc(-c4ccccc4-n4c5ccccc5c5ccccc54)c4oc5ccccc5c4c3)c21. The van der Waals surface area contributed by atoms with Gasteiger partial charge in [-0.25, -0.2) is 0 Å². The molecule has 3 aromatic heterocycles. The van der Waals surface area contributed by atoms with Gasteiger partial charge in [-0.2, -0.15) is 0 Å². The summed E-state index contributed by atoms with van der Waals surface area (Å²) in [6, 6.07) is 79.0. The van der Waals surface area contributed by atoms with Crippen LogP contribution in [0.1, 0.15) is 25.0 Å². The lowest BCUT2D eigenvalue weighted by Gasteiger charge is -2.32. The summed E-state index contributed by atoms with van der Waals surface area (Å²) in [4.78, 5) is 2.48. The number of nitrogens with zero attached hydrogens (tertiary/aromatic N) is 2. The molecular formula is C63H42N2O2. The molecule has 0 radical (unpaired) electrons. The zero-order valence-electron chi connectivity index (χ0n) is 37.0. The van der Waals surface area contributed by atoms with E-state index in [0.717, 1.165) is 99.9 Å². The first-order valence-corrected chi connectivity index (χ1v) is 23.1. The van der Waals surface area contributed by atoms with Gasteiger partial charge in [0.1, 0.15) is 22.3 Å². The Balaban J connectivity index is 1.04. The number of hydrogen-bond donors (Lipinski definition) is 0. The Morgan fingerprint density at radius 1 is 0.403 bits per heavy atom. The molecule has 0 unspecified atom stereocenters. The monoisotopic (exact) mass is 858 g/mol. The second-order valence-electron chi connectivity index (χ2n) is 18.4. The third-order valence-corrected chi connectivity index (χ3v) is 14.4. The van der Waals surface area contributed by atoms with E-state index in [-0.39, 0.29) is 5.41 Å². The highest BCUT2D eigenvalue weighted by Gasteiger charge is 2.39. The molecule has 13 aromatic rings. The molecule has 0 aliphatic heterocycles. The van der Waals surface area contributed by atoms with Crippen molar-refractivity contribution in [2.75, 3.05) is 4.90 Å². The minimum absolute atomic E-state index is 0.267. The lowest BCUT2D eigenvalue weighted by molar-refractivity contribution is 0.660. The molecule has 14 rings (SSSR count). The van der Waals surface area contributed by atoms with Crippen molar-refractivity contribution in [3.63, 3.8) is 0 Å². The van der Waals surface area contributed by atoms with Crippen molar-refractivity contribution in [1.82, 2.24) is 4.57 Å². The zero-order chi connectivity index (χ0) is 44.4. The Labute approximate surface area is 387 Å². The van der Waals surface area contributed by atoms with Gasteiger partial charge in [-0.05, 0) is 100 Å². The molecule has 3 heterocycles. The van der Waals surface area contributed by atoms with Gasteiger partial charge in [-0.3, -0.25) is 0 Å². The molecule has 0 atom stereocenters. The van der Waals surface area contributed by atoms with Crippen molar-refractivity contribution in [2.24, 2.45) is 0 Å². The average Bonchev–Trinajstić information content (AvgIpc) is 4.11. The van der Waals surface area contributed by atoms with Gasteiger partial charge in [-0.1, -0.05) is 166 Å². The molecule has 0 saturated carbocycles. The molecule has 0 bridgehead atoms. The smallest absolute Gasteiger partial charge is 0.143 e. The maximum Gasteiger partial charge on any atom is 0.143 e. The number of benzene rings is 10. The fraction of sp³-hybridized carbons (Fsp3) is 0.0476. The molecular weight excluding hydrogens is 817 g/mol. The molecule has 0 fully saturated rings. The highest BCUT2D eigenvalue weighted by Crippen LogP contribution is 2.55. The molecule has 0 N–H and O–H groups in total. The van der Waals surface area contributed by atoms with Gasteiger partial charge in [0.25, 0.3) is 0 Å². The fourth-order valence-electron chi connectivity index (χ4n) is 11.5. The van der Waals surface area contributed by atoms with E-state index in [2.05, 4.69) is 230 Å². The summed E-state index contributed by atoms with van der Waals surface area (Å²) in [7, 11) is 0. The van der Waals surface area contributed by atoms with E-state index in [1.165, 1.54) is 33.0 Å². The maximum absolute atomic E-state index is 6.97. The van der Waals surface area contributed by atoms with Crippen LogP contribution in [0.5, 0.6) is 0 Å². The van der Waals surface area contributed by atoms with Crippen molar-refractivity contribution < 1.29 is 8.83 Å². The largest absolute Gasteiger partial charge is 0.456 e. The van der Waals surface area contributed by atoms with Crippen LogP contribution in [0.2, 0.25) is 0 Å². The van der Waals surface area contributed by atoms with Crippen molar-refractivity contribution in [3.8, 4) is 39.1 Å². The van der Waals surface area contributed by atoms with Gasteiger partial charge >= 0.3 is 0 Å². The van der Waals surface area contributed by atoms with Gasteiger partial charge in [-0.15, -0.1) is 0 Å². The predicted molar refractivity (Wildman–Crippen MR) is 278 cm³/mol. The summed E-state index contributed by atoms with van der Waals surface area (Å²) in [6.45, 7) is 4.75. The summed E-state index contributed by atoms with van der Waals surface area (Å²) in [5.74, 6) is 0. The number of fused-ring (bicyclic) bond motifs is 12. The normalized spacial score (nSPS) is 13.0. The van der Waals surface area contributed by atoms with Crippen LogP contribution >= 0.6 is 0 Å². The van der Waals surface area contributed by atoms with Crippen molar-refractivity contribution in [1.29, 1.82) is 0 Å². The van der Waals surface area contributed by atoms with Crippen molar-refractivity contribution in [3.05, 3.63) is 230 Å². The van der Waals surface area contributed by atoms with Crippen LogP contribution in [-0.4, -0.2) is 4.57 Å². The molecule has 316 valence electrons.